The van der Waals surface area contributed by atoms with Crippen LogP contribution in [-0.4, -0.2) is 21.6 Å². The fourth-order valence-electron chi connectivity index (χ4n) is 1.74. The standard InChI is InChI=1S/C14H16ClN3O/c1-4-16-13-8(2)9(3)17-14(18-13)10-5-6-12(19)11(15)7-10/h5-7,19H,4H2,1-3H3,(H,16,17,18). The first-order valence-electron chi connectivity index (χ1n) is 6.11. The third-order valence-corrected chi connectivity index (χ3v) is 3.24. The quantitative estimate of drug-likeness (QED) is 0.901. The van der Waals surface area contributed by atoms with Crippen molar-refractivity contribution in [2.75, 3.05) is 11.9 Å². The maximum atomic E-state index is 9.44. The molecule has 0 aliphatic rings. The zero-order valence-corrected chi connectivity index (χ0v) is 11.9. The molecule has 0 atom stereocenters. The van der Waals surface area contributed by atoms with E-state index in [1.54, 1.807) is 18.2 Å². The topological polar surface area (TPSA) is 58.0 Å². The van der Waals surface area contributed by atoms with Gasteiger partial charge in [-0.1, -0.05) is 11.6 Å². The van der Waals surface area contributed by atoms with Crippen molar-refractivity contribution in [1.29, 1.82) is 0 Å². The van der Waals surface area contributed by atoms with Gasteiger partial charge in [-0.05, 0) is 39.0 Å². The molecule has 0 aliphatic carbocycles. The highest BCUT2D eigenvalue weighted by molar-refractivity contribution is 6.32. The molecular weight excluding hydrogens is 262 g/mol. The predicted octanol–water partition coefficient (Wildman–Crippen LogP) is 3.55. The van der Waals surface area contributed by atoms with Crippen molar-refractivity contribution in [2.45, 2.75) is 20.8 Å². The molecule has 100 valence electrons. The molecule has 0 saturated carbocycles. The molecule has 0 saturated heterocycles. The summed E-state index contributed by atoms with van der Waals surface area (Å²) in [5.74, 6) is 1.48. The Morgan fingerprint density at radius 2 is 2.00 bits per heavy atom. The predicted molar refractivity (Wildman–Crippen MR) is 77.8 cm³/mol. The Labute approximate surface area is 117 Å². The number of aromatic hydroxyl groups is 1. The van der Waals surface area contributed by atoms with Crippen molar-refractivity contribution < 1.29 is 5.11 Å². The summed E-state index contributed by atoms with van der Waals surface area (Å²) < 4.78 is 0. The second-order valence-electron chi connectivity index (χ2n) is 4.30. The van der Waals surface area contributed by atoms with Crippen molar-refractivity contribution >= 4 is 17.4 Å². The molecule has 1 aromatic heterocycles. The number of aromatic nitrogens is 2. The van der Waals surface area contributed by atoms with Gasteiger partial charge in [-0.25, -0.2) is 9.97 Å². The van der Waals surface area contributed by atoms with E-state index < -0.39 is 0 Å². The number of phenols is 1. The highest BCUT2D eigenvalue weighted by Gasteiger charge is 2.10. The summed E-state index contributed by atoms with van der Waals surface area (Å²) in [5, 5.41) is 13.0. The second kappa shape index (κ2) is 5.45. The number of rotatable bonds is 3. The molecule has 2 rings (SSSR count). The second-order valence-corrected chi connectivity index (χ2v) is 4.71. The zero-order chi connectivity index (χ0) is 14.0. The van der Waals surface area contributed by atoms with E-state index in [2.05, 4.69) is 15.3 Å². The van der Waals surface area contributed by atoms with Crippen LogP contribution in [0.25, 0.3) is 11.4 Å². The molecule has 0 spiro atoms. The highest BCUT2D eigenvalue weighted by Crippen LogP contribution is 2.29. The molecular formula is C14H16ClN3O. The van der Waals surface area contributed by atoms with Gasteiger partial charge >= 0.3 is 0 Å². The Kier molecular flexibility index (Phi) is 3.90. The molecule has 1 heterocycles. The van der Waals surface area contributed by atoms with Gasteiger partial charge in [-0.3, -0.25) is 0 Å². The molecule has 0 bridgehead atoms. The van der Waals surface area contributed by atoms with Gasteiger partial charge in [0.1, 0.15) is 11.6 Å². The van der Waals surface area contributed by atoms with E-state index in [4.69, 9.17) is 11.6 Å². The zero-order valence-electron chi connectivity index (χ0n) is 11.2. The minimum Gasteiger partial charge on any atom is -0.506 e. The van der Waals surface area contributed by atoms with Crippen LogP contribution in [-0.2, 0) is 0 Å². The van der Waals surface area contributed by atoms with Crippen molar-refractivity contribution in [2.24, 2.45) is 0 Å². The Balaban J connectivity index is 2.52. The summed E-state index contributed by atoms with van der Waals surface area (Å²) in [5.41, 5.74) is 2.74. The van der Waals surface area contributed by atoms with Crippen molar-refractivity contribution in [1.82, 2.24) is 9.97 Å². The van der Waals surface area contributed by atoms with Gasteiger partial charge in [-0.2, -0.15) is 0 Å². The number of aryl methyl sites for hydroxylation is 1. The molecule has 19 heavy (non-hydrogen) atoms. The largest absolute Gasteiger partial charge is 0.506 e. The van der Waals surface area contributed by atoms with Gasteiger partial charge in [0, 0.05) is 23.4 Å². The number of hydrogen-bond acceptors (Lipinski definition) is 4. The van der Waals surface area contributed by atoms with Crippen molar-refractivity contribution in [3.8, 4) is 17.1 Å². The number of anilines is 1. The van der Waals surface area contributed by atoms with Gasteiger partial charge in [0.2, 0.25) is 0 Å². The van der Waals surface area contributed by atoms with E-state index in [1.807, 2.05) is 20.8 Å². The van der Waals surface area contributed by atoms with Gasteiger partial charge in [0.05, 0.1) is 5.02 Å². The Morgan fingerprint density at radius 3 is 2.63 bits per heavy atom. The van der Waals surface area contributed by atoms with E-state index in [0.29, 0.717) is 10.8 Å². The Morgan fingerprint density at radius 1 is 1.26 bits per heavy atom. The molecule has 4 nitrogen and oxygen atoms in total. The molecule has 0 radical (unpaired) electrons. The smallest absolute Gasteiger partial charge is 0.161 e. The minimum atomic E-state index is 0.0566. The van der Waals surface area contributed by atoms with E-state index in [-0.39, 0.29) is 5.75 Å². The van der Waals surface area contributed by atoms with Crippen LogP contribution in [0, 0.1) is 13.8 Å². The highest BCUT2D eigenvalue weighted by atomic mass is 35.5. The lowest BCUT2D eigenvalue weighted by Crippen LogP contribution is -2.06. The molecule has 0 aliphatic heterocycles. The van der Waals surface area contributed by atoms with Gasteiger partial charge in [0.25, 0.3) is 0 Å². The molecule has 1 aromatic carbocycles. The van der Waals surface area contributed by atoms with Crippen molar-refractivity contribution in [3.05, 3.63) is 34.5 Å². The number of nitrogens with one attached hydrogen (secondary N) is 1. The molecule has 0 fully saturated rings. The fraction of sp³-hybridized carbons (Fsp3) is 0.286. The van der Waals surface area contributed by atoms with E-state index >= 15 is 0 Å². The van der Waals surface area contributed by atoms with Crippen LogP contribution < -0.4 is 5.32 Å². The SMILES string of the molecule is CCNc1nc(-c2ccc(O)c(Cl)c2)nc(C)c1C. The number of phenolic OH excluding ortho intramolecular Hbond substituents is 1. The van der Waals surface area contributed by atoms with Crippen LogP contribution >= 0.6 is 11.6 Å². The lowest BCUT2D eigenvalue weighted by molar-refractivity contribution is 0.475. The first kappa shape index (κ1) is 13.6. The molecule has 0 amide bonds. The molecule has 0 unspecified atom stereocenters. The third kappa shape index (κ3) is 2.79. The number of halogens is 1. The normalized spacial score (nSPS) is 10.5. The average molecular weight is 278 g/mol. The number of hydrogen-bond donors (Lipinski definition) is 2. The van der Waals surface area contributed by atoms with Gasteiger partial charge in [-0.15, -0.1) is 0 Å². The lowest BCUT2D eigenvalue weighted by atomic mass is 10.1. The van der Waals surface area contributed by atoms with Gasteiger partial charge < -0.3 is 10.4 Å². The van der Waals surface area contributed by atoms with E-state index in [1.165, 1.54) is 0 Å². The maximum Gasteiger partial charge on any atom is 0.161 e. The summed E-state index contributed by atoms with van der Waals surface area (Å²) in [6.45, 7) is 6.76. The summed E-state index contributed by atoms with van der Waals surface area (Å²) >= 11 is 5.91. The van der Waals surface area contributed by atoms with E-state index in [9.17, 15) is 5.11 Å². The van der Waals surface area contributed by atoms with Crippen LogP contribution in [0.1, 0.15) is 18.2 Å². The van der Waals surface area contributed by atoms with Crippen LogP contribution in [0.4, 0.5) is 5.82 Å². The van der Waals surface area contributed by atoms with Gasteiger partial charge in [0.15, 0.2) is 5.82 Å². The summed E-state index contributed by atoms with van der Waals surface area (Å²) in [4.78, 5) is 8.97. The Bertz CT molecular complexity index is 614. The summed E-state index contributed by atoms with van der Waals surface area (Å²) in [7, 11) is 0. The van der Waals surface area contributed by atoms with Crippen LogP contribution in [0.2, 0.25) is 5.02 Å². The molecule has 2 N–H and O–H groups in total. The number of benzene rings is 1. The third-order valence-electron chi connectivity index (χ3n) is 2.94. The lowest BCUT2D eigenvalue weighted by Gasteiger charge is -2.11. The Hall–Kier alpha value is -1.81. The fourth-order valence-corrected chi connectivity index (χ4v) is 1.92. The van der Waals surface area contributed by atoms with Crippen LogP contribution in [0.15, 0.2) is 18.2 Å². The summed E-state index contributed by atoms with van der Waals surface area (Å²) in [6.07, 6.45) is 0. The average Bonchev–Trinajstić information content (AvgIpc) is 2.38. The molecule has 5 heteroatoms. The molecule has 2 aromatic rings. The summed E-state index contributed by atoms with van der Waals surface area (Å²) in [6, 6.07) is 4.96. The first-order valence-corrected chi connectivity index (χ1v) is 6.48. The number of nitrogens with zero attached hydrogens (tertiary/aromatic N) is 2. The first-order chi connectivity index (χ1) is 9.02. The minimum absolute atomic E-state index is 0.0566. The van der Waals surface area contributed by atoms with Crippen molar-refractivity contribution in [3.63, 3.8) is 0 Å². The van der Waals surface area contributed by atoms with Crippen LogP contribution in [0.5, 0.6) is 5.75 Å². The monoisotopic (exact) mass is 277 g/mol. The maximum absolute atomic E-state index is 9.44. The van der Waals surface area contributed by atoms with Crippen LogP contribution in [0.3, 0.4) is 0 Å². The van der Waals surface area contributed by atoms with E-state index in [0.717, 1.165) is 29.2 Å².